The molecule has 3 heterocycles. The molecule has 0 spiro atoms. The van der Waals surface area contributed by atoms with E-state index < -0.39 is 5.97 Å². The molecule has 0 aliphatic rings. The summed E-state index contributed by atoms with van der Waals surface area (Å²) in [5.74, 6) is 0.479. The Hall–Kier alpha value is -5.33. The largest absolute Gasteiger partial charge is 0.478 e. The number of unbranched alkanes of at least 4 members (excludes halogenated alkanes) is 2. The van der Waals surface area contributed by atoms with E-state index in [-0.39, 0.29) is 19.8 Å². The molecule has 3 radical (unpaired) electrons. The van der Waals surface area contributed by atoms with Crippen molar-refractivity contribution >= 4 is 70.8 Å². The third kappa shape index (κ3) is 7.31. The normalized spacial score (nSPS) is 10.6. The maximum atomic E-state index is 12.4. The maximum absolute atomic E-state index is 12.4. The van der Waals surface area contributed by atoms with Gasteiger partial charge in [0.15, 0.2) is 11.6 Å². The lowest BCUT2D eigenvalue weighted by Gasteiger charge is -2.10. The molecule has 11 N–H and O–H groups in total. The number of nitrogens with two attached hydrogens (primary N) is 5. The van der Waals surface area contributed by atoms with Gasteiger partial charge in [0.2, 0.25) is 0 Å². The van der Waals surface area contributed by atoms with Crippen molar-refractivity contribution in [2.75, 3.05) is 28.7 Å². The van der Waals surface area contributed by atoms with Crippen LogP contribution in [-0.2, 0) is 13.0 Å². The van der Waals surface area contributed by atoms with Crippen molar-refractivity contribution < 1.29 is 14.7 Å². The molecule has 5 rings (SSSR count). The van der Waals surface area contributed by atoms with Crippen molar-refractivity contribution in [2.45, 2.75) is 45.6 Å². The van der Waals surface area contributed by atoms with Crippen LogP contribution in [0.25, 0.3) is 22.1 Å². The van der Waals surface area contributed by atoms with Crippen LogP contribution >= 0.6 is 0 Å². The Labute approximate surface area is 250 Å². The van der Waals surface area contributed by atoms with Crippen LogP contribution in [0.4, 0.5) is 28.6 Å². The maximum Gasteiger partial charge on any atom is 0.335 e. The minimum absolute atomic E-state index is 0. The molecular weight excluding hydrogens is 545 g/mol. The zero-order chi connectivity index (χ0) is 30.4. The number of nitrogen functional groups attached to an aromatic ring is 5. The molecule has 0 amide bonds. The lowest BCUT2D eigenvalue weighted by Crippen LogP contribution is -2.05. The van der Waals surface area contributed by atoms with Crippen molar-refractivity contribution in [3.8, 4) is 0 Å². The molecule has 13 heteroatoms. The third-order valence-electron chi connectivity index (χ3n) is 6.89. The lowest BCUT2D eigenvalue weighted by molar-refractivity contribution is 0.0696. The number of pyridine rings is 2. The number of Topliss-reactive ketones (excluding diaryl/α,β-unsaturated/α-hetero) is 1. The number of aryl methyl sites for hydroxylation is 2. The highest BCUT2D eigenvalue weighted by atomic mass is 16.4. The van der Waals surface area contributed by atoms with E-state index >= 15 is 0 Å². The van der Waals surface area contributed by atoms with Crippen LogP contribution in [0.15, 0.2) is 54.7 Å². The number of carbonyl (C=O) groups excluding carboxylic acids is 1. The molecular formula is C30H35BN9O3. The van der Waals surface area contributed by atoms with Crippen LogP contribution < -0.4 is 28.7 Å². The van der Waals surface area contributed by atoms with Crippen molar-refractivity contribution in [2.24, 2.45) is 0 Å². The quantitative estimate of drug-likeness (QED) is 0.0634. The monoisotopic (exact) mass is 580 g/mol. The van der Waals surface area contributed by atoms with Crippen molar-refractivity contribution in [3.63, 3.8) is 0 Å². The number of nitrogens with zero attached hydrogens (tertiary/aromatic N) is 4. The van der Waals surface area contributed by atoms with Gasteiger partial charge in [-0.15, -0.1) is 0 Å². The Kier molecular flexibility index (Phi) is 10.5. The number of benzene rings is 2. The zero-order valence-corrected chi connectivity index (χ0v) is 24.0. The van der Waals surface area contributed by atoms with Gasteiger partial charge in [-0.25, -0.2) is 14.8 Å². The molecule has 5 aromatic rings. The molecule has 43 heavy (non-hydrogen) atoms. The van der Waals surface area contributed by atoms with Gasteiger partial charge in [-0.2, -0.15) is 0 Å². The van der Waals surface area contributed by atoms with E-state index in [1.54, 1.807) is 24.4 Å². The molecule has 221 valence electrons. The summed E-state index contributed by atoms with van der Waals surface area (Å²) in [4.78, 5) is 36.5. The van der Waals surface area contributed by atoms with E-state index in [4.69, 9.17) is 38.8 Å². The number of imidazole rings is 1. The van der Waals surface area contributed by atoms with Crippen molar-refractivity contribution in [3.05, 3.63) is 71.7 Å². The van der Waals surface area contributed by atoms with Crippen LogP contribution in [0.5, 0.6) is 0 Å². The standard InChI is InChI=1S/C23H27N7O.C7H8N2O2.B/c1-2-19-29-21-22(20-17(28-23(21)26)7-6-11-27-20)30(19)12-5-3-4-8-18(31)14-9-10-15(24)16(25)13-14;8-5-2-1-4(7(10)11)3-6(5)9;/h6-7,9-11,13H,2-5,8,12,24-25H2,1H3,(H2,26,28);1-3H,8-9H2,(H,10,11);. The van der Waals surface area contributed by atoms with Gasteiger partial charge in [-0.3, -0.25) is 9.78 Å². The fourth-order valence-electron chi connectivity index (χ4n) is 4.61. The smallest absolute Gasteiger partial charge is 0.335 e. The minimum Gasteiger partial charge on any atom is -0.478 e. The summed E-state index contributed by atoms with van der Waals surface area (Å²) < 4.78 is 2.20. The van der Waals surface area contributed by atoms with Gasteiger partial charge in [0.1, 0.15) is 22.4 Å². The summed E-state index contributed by atoms with van der Waals surface area (Å²) in [5.41, 5.74) is 34.1. The SMILES string of the molecule is CCc1nc2c(N)nc3cccnc3c2n1CCCCCC(=O)c1ccc(N)c(N)c1.Nc1ccc(C(=O)O)cc1N.[B]. The van der Waals surface area contributed by atoms with E-state index in [0.717, 1.165) is 54.6 Å². The number of fused-ring (bicyclic) bond motifs is 3. The van der Waals surface area contributed by atoms with Gasteiger partial charge in [0, 0.05) is 39.6 Å². The van der Waals surface area contributed by atoms with Gasteiger partial charge in [-0.1, -0.05) is 13.3 Å². The molecule has 0 saturated heterocycles. The number of carboxylic acid groups (broad SMARTS) is 1. The first kappa shape index (κ1) is 32.2. The average Bonchev–Trinajstić information content (AvgIpc) is 3.35. The first-order chi connectivity index (χ1) is 20.1. The topological polar surface area (TPSA) is 228 Å². The molecule has 0 unspecified atom stereocenters. The lowest BCUT2D eigenvalue weighted by atomic mass is 10.0. The second-order valence-electron chi connectivity index (χ2n) is 9.82. The number of hydrogen-bond donors (Lipinski definition) is 6. The first-order valence-electron chi connectivity index (χ1n) is 13.6. The predicted molar refractivity (Wildman–Crippen MR) is 173 cm³/mol. The number of carboxylic acids is 1. The Morgan fingerprint density at radius 2 is 1.47 bits per heavy atom. The summed E-state index contributed by atoms with van der Waals surface area (Å²) in [5, 5.41) is 8.50. The van der Waals surface area contributed by atoms with E-state index in [1.165, 1.54) is 18.2 Å². The molecule has 2 aromatic carbocycles. The van der Waals surface area contributed by atoms with Gasteiger partial charge in [0.05, 0.1) is 33.8 Å². The van der Waals surface area contributed by atoms with Crippen LogP contribution in [0, 0.1) is 0 Å². The Balaban J connectivity index is 0.000000357. The van der Waals surface area contributed by atoms with E-state index in [2.05, 4.69) is 21.5 Å². The number of aromatic nitrogens is 4. The highest BCUT2D eigenvalue weighted by molar-refractivity contribution is 6.04. The fraction of sp³-hybridized carbons (Fsp3) is 0.233. The number of rotatable bonds is 9. The van der Waals surface area contributed by atoms with Crippen molar-refractivity contribution in [1.29, 1.82) is 0 Å². The van der Waals surface area contributed by atoms with Crippen LogP contribution in [0.2, 0.25) is 0 Å². The third-order valence-corrected chi connectivity index (χ3v) is 6.89. The van der Waals surface area contributed by atoms with Gasteiger partial charge in [-0.05, 0) is 61.4 Å². The van der Waals surface area contributed by atoms with Gasteiger partial charge < -0.3 is 38.3 Å². The Morgan fingerprint density at radius 3 is 2.09 bits per heavy atom. The van der Waals surface area contributed by atoms with E-state index in [1.807, 2.05) is 12.1 Å². The van der Waals surface area contributed by atoms with Crippen molar-refractivity contribution in [1.82, 2.24) is 19.5 Å². The highest BCUT2D eigenvalue weighted by Crippen LogP contribution is 2.28. The summed E-state index contributed by atoms with van der Waals surface area (Å²) in [6.07, 6.45) is 5.69. The van der Waals surface area contributed by atoms with Crippen LogP contribution in [0.3, 0.4) is 0 Å². The molecule has 0 aliphatic heterocycles. The zero-order valence-electron chi connectivity index (χ0n) is 24.0. The van der Waals surface area contributed by atoms with E-state index in [9.17, 15) is 9.59 Å². The molecule has 0 fully saturated rings. The van der Waals surface area contributed by atoms with Gasteiger partial charge >= 0.3 is 5.97 Å². The Bertz CT molecular complexity index is 1770. The average molecular weight is 580 g/mol. The minimum atomic E-state index is -1.00. The number of ketones is 1. The molecule has 0 aliphatic carbocycles. The number of hydrogen-bond acceptors (Lipinski definition) is 10. The van der Waals surface area contributed by atoms with Crippen LogP contribution in [0.1, 0.15) is 59.1 Å². The summed E-state index contributed by atoms with van der Waals surface area (Å²) in [6.45, 7) is 2.87. The molecule has 0 saturated carbocycles. The fourth-order valence-corrected chi connectivity index (χ4v) is 4.61. The Morgan fingerprint density at radius 1 is 0.814 bits per heavy atom. The second-order valence-corrected chi connectivity index (χ2v) is 9.82. The second kappa shape index (κ2) is 14.0. The summed E-state index contributed by atoms with van der Waals surface area (Å²) >= 11 is 0. The molecule has 0 bridgehead atoms. The van der Waals surface area contributed by atoms with Crippen LogP contribution in [-0.4, -0.2) is 44.8 Å². The molecule has 12 nitrogen and oxygen atoms in total. The number of anilines is 5. The number of aromatic carboxylic acids is 1. The number of carbonyl (C=O) groups is 2. The predicted octanol–water partition coefficient (Wildman–Crippen LogP) is 3.90. The van der Waals surface area contributed by atoms with E-state index in [0.29, 0.717) is 46.1 Å². The molecule has 3 aromatic heterocycles. The van der Waals surface area contributed by atoms with Gasteiger partial charge in [0.25, 0.3) is 0 Å². The summed E-state index contributed by atoms with van der Waals surface area (Å²) in [6, 6.07) is 13.0. The summed E-state index contributed by atoms with van der Waals surface area (Å²) in [7, 11) is 0. The highest BCUT2D eigenvalue weighted by Gasteiger charge is 2.17. The molecule has 0 atom stereocenters. The first-order valence-corrected chi connectivity index (χ1v) is 13.6.